The van der Waals surface area contributed by atoms with Crippen LogP contribution in [0.2, 0.25) is 0 Å². The molecule has 0 spiro atoms. The summed E-state index contributed by atoms with van der Waals surface area (Å²) in [4.78, 5) is 20.3. The van der Waals surface area contributed by atoms with E-state index in [1.807, 2.05) is 0 Å². The first-order valence-electron chi connectivity index (χ1n) is 4.07. The van der Waals surface area contributed by atoms with Crippen molar-refractivity contribution in [2.75, 3.05) is 6.54 Å². The second kappa shape index (κ2) is 9.65. The molecule has 0 aliphatic carbocycles. The molecule has 0 aliphatic rings. The maximum Gasteiger partial charge on any atom is 2.00 e. The molecule has 0 saturated heterocycles. The molecule has 4 nitrogen and oxygen atoms in total. The van der Waals surface area contributed by atoms with Crippen LogP contribution in [0.1, 0.15) is 32.6 Å². The standard InChI is InChI=1S/C8H15NO3.Zn/c1-7(10)9-6-4-2-3-5-8(11)12;/h2-6H2,1H3,(H,9,10)(H,11,12);/q;+2/p-1. The molecule has 5 heteroatoms. The van der Waals surface area contributed by atoms with Crippen LogP contribution in [0.5, 0.6) is 0 Å². The first-order valence-corrected chi connectivity index (χ1v) is 4.07. The maximum absolute atomic E-state index is 10.4. The van der Waals surface area contributed by atoms with Crippen LogP contribution in [0, 0.1) is 0 Å². The molecule has 13 heavy (non-hydrogen) atoms. The average Bonchev–Trinajstić information content (AvgIpc) is 1.95. The topological polar surface area (TPSA) is 69.2 Å². The minimum atomic E-state index is -1.01. The van der Waals surface area contributed by atoms with Gasteiger partial charge in [0.2, 0.25) is 5.91 Å². The summed E-state index contributed by atoms with van der Waals surface area (Å²) in [5.41, 5.74) is 0. The van der Waals surface area contributed by atoms with E-state index in [9.17, 15) is 14.7 Å². The monoisotopic (exact) mass is 236 g/mol. The van der Waals surface area contributed by atoms with E-state index in [0.717, 1.165) is 12.8 Å². The maximum atomic E-state index is 10.4. The summed E-state index contributed by atoms with van der Waals surface area (Å²) in [6.45, 7) is 2.09. The number of carbonyl (C=O) groups is 2. The normalized spacial score (nSPS) is 8.69. The predicted octanol–water partition coefficient (Wildman–Crippen LogP) is -0.570. The van der Waals surface area contributed by atoms with Gasteiger partial charge in [0.1, 0.15) is 0 Å². The number of carboxylic acids is 1. The van der Waals surface area contributed by atoms with Crippen LogP contribution >= 0.6 is 0 Å². The molecule has 0 aromatic heterocycles. The van der Waals surface area contributed by atoms with Crippen molar-refractivity contribution in [3.8, 4) is 0 Å². The zero-order chi connectivity index (χ0) is 9.40. The van der Waals surface area contributed by atoms with Crippen LogP contribution in [-0.4, -0.2) is 18.4 Å². The third-order valence-corrected chi connectivity index (χ3v) is 1.43. The molecule has 1 amide bonds. The molecule has 70 valence electrons. The third-order valence-electron chi connectivity index (χ3n) is 1.43. The van der Waals surface area contributed by atoms with Crippen molar-refractivity contribution in [2.24, 2.45) is 0 Å². The first kappa shape index (κ1) is 15.1. The Bertz CT molecular complexity index is 143. The second-order valence-corrected chi connectivity index (χ2v) is 2.67. The van der Waals surface area contributed by atoms with Gasteiger partial charge < -0.3 is 15.2 Å². The van der Waals surface area contributed by atoms with Gasteiger partial charge in [-0.3, -0.25) is 4.79 Å². The number of hydrogen-bond acceptors (Lipinski definition) is 3. The van der Waals surface area contributed by atoms with E-state index < -0.39 is 5.97 Å². The predicted molar refractivity (Wildman–Crippen MR) is 42.2 cm³/mol. The fourth-order valence-electron chi connectivity index (χ4n) is 0.836. The average molecular weight is 238 g/mol. The Morgan fingerprint density at radius 2 is 1.85 bits per heavy atom. The van der Waals surface area contributed by atoms with Gasteiger partial charge in [-0.2, -0.15) is 0 Å². The van der Waals surface area contributed by atoms with E-state index in [1.54, 1.807) is 0 Å². The van der Waals surface area contributed by atoms with Gasteiger partial charge in [0.05, 0.1) is 0 Å². The van der Waals surface area contributed by atoms with Gasteiger partial charge in [0.15, 0.2) is 0 Å². The Kier molecular flexibility index (Phi) is 11.2. The van der Waals surface area contributed by atoms with Crippen molar-refractivity contribution >= 4 is 11.9 Å². The number of carbonyl (C=O) groups excluding carboxylic acids is 2. The molecular weight excluding hydrogens is 223 g/mol. The van der Waals surface area contributed by atoms with Gasteiger partial charge in [0.25, 0.3) is 0 Å². The Morgan fingerprint density at radius 1 is 1.23 bits per heavy atom. The fraction of sp³-hybridized carbons (Fsp3) is 0.750. The summed E-state index contributed by atoms with van der Waals surface area (Å²) in [6, 6.07) is 0. The SMILES string of the molecule is CC(=O)NCCCCCC(=O)[O-].[Zn+2]. The molecule has 1 N–H and O–H groups in total. The number of carboxylic acid groups (broad SMARTS) is 1. The summed E-state index contributed by atoms with van der Waals surface area (Å²) >= 11 is 0. The quantitative estimate of drug-likeness (QED) is 0.497. The van der Waals surface area contributed by atoms with Crippen molar-refractivity contribution < 1.29 is 34.2 Å². The largest absolute Gasteiger partial charge is 2.00 e. The van der Waals surface area contributed by atoms with Crippen LogP contribution in [-0.2, 0) is 29.1 Å². The van der Waals surface area contributed by atoms with Gasteiger partial charge in [0, 0.05) is 19.4 Å². The first-order chi connectivity index (χ1) is 5.63. The van der Waals surface area contributed by atoms with Crippen molar-refractivity contribution in [3.05, 3.63) is 0 Å². The van der Waals surface area contributed by atoms with Gasteiger partial charge in [-0.25, -0.2) is 0 Å². The molecule has 0 saturated carbocycles. The number of rotatable bonds is 6. The number of amides is 1. The number of aliphatic carboxylic acids is 1. The minimum Gasteiger partial charge on any atom is -0.550 e. The number of unbranched alkanes of at least 4 members (excludes halogenated alkanes) is 2. The second-order valence-electron chi connectivity index (χ2n) is 2.67. The Hall–Kier alpha value is -0.437. The van der Waals surface area contributed by atoms with Crippen LogP contribution in [0.25, 0.3) is 0 Å². The van der Waals surface area contributed by atoms with E-state index in [1.165, 1.54) is 6.92 Å². The van der Waals surface area contributed by atoms with Crippen molar-refractivity contribution in [1.82, 2.24) is 5.32 Å². The van der Waals surface area contributed by atoms with Crippen LogP contribution in [0.3, 0.4) is 0 Å². The summed E-state index contributed by atoms with van der Waals surface area (Å²) in [7, 11) is 0. The Labute approximate surface area is 90.8 Å². The van der Waals surface area contributed by atoms with E-state index >= 15 is 0 Å². The van der Waals surface area contributed by atoms with E-state index in [-0.39, 0.29) is 31.8 Å². The summed E-state index contributed by atoms with van der Waals surface area (Å²) < 4.78 is 0. The molecule has 0 fully saturated rings. The molecular formula is C8H14NO3Zn+. The molecule has 0 atom stereocenters. The summed E-state index contributed by atoms with van der Waals surface area (Å²) in [5, 5.41) is 12.6. The van der Waals surface area contributed by atoms with Gasteiger partial charge in [-0.05, 0) is 19.3 Å². The zero-order valence-electron chi connectivity index (χ0n) is 7.97. The molecule has 0 rings (SSSR count). The van der Waals surface area contributed by atoms with E-state index in [2.05, 4.69) is 5.32 Å². The number of nitrogens with one attached hydrogen (secondary N) is 1. The van der Waals surface area contributed by atoms with Gasteiger partial charge in [-0.15, -0.1) is 0 Å². The Balaban J connectivity index is 0. The molecule has 0 unspecified atom stereocenters. The van der Waals surface area contributed by atoms with Crippen molar-refractivity contribution in [3.63, 3.8) is 0 Å². The minimum absolute atomic E-state index is 0. The van der Waals surface area contributed by atoms with Gasteiger partial charge >= 0.3 is 19.5 Å². The number of hydrogen-bond donors (Lipinski definition) is 1. The third kappa shape index (κ3) is 14.4. The molecule has 0 aliphatic heterocycles. The summed E-state index contributed by atoms with van der Waals surface area (Å²) in [5.74, 6) is -1.05. The zero-order valence-corrected chi connectivity index (χ0v) is 10.9. The van der Waals surface area contributed by atoms with Crippen molar-refractivity contribution in [2.45, 2.75) is 32.6 Å². The van der Waals surface area contributed by atoms with Gasteiger partial charge in [-0.1, -0.05) is 6.42 Å². The molecule has 0 aromatic rings. The molecule has 0 heterocycles. The molecule has 0 aromatic carbocycles. The van der Waals surface area contributed by atoms with E-state index in [0.29, 0.717) is 13.0 Å². The van der Waals surface area contributed by atoms with Crippen LogP contribution in [0.4, 0.5) is 0 Å². The Morgan fingerprint density at radius 3 is 2.31 bits per heavy atom. The molecule has 0 bridgehead atoms. The fourth-order valence-corrected chi connectivity index (χ4v) is 0.836. The molecule has 0 radical (unpaired) electrons. The van der Waals surface area contributed by atoms with Crippen molar-refractivity contribution in [1.29, 1.82) is 0 Å². The summed E-state index contributed by atoms with van der Waals surface area (Å²) in [6.07, 6.45) is 2.38. The van der Waals surface area contributed by atoms with Crippen LogP contribution in [0.15, 0.2) is 0 Å². The van der Waals surface area contributed by atoms with E-state index in [4.69, 9.17) is 0 Å². The smallest absolute Gasteiger partial charge is 0.550 e. The van der Waals surface area contributed by atoms with Crippen LogP contribution < -0.4 is 10.4 Å².